The Morgan fingerprint density at radius 2 is 0.453 bits per heavy atom. The third kappa shape index (κ3) is 18.4. The molecule has 0 saturated heterocycles. The van der Waals surface area contributed by atoms with Gasteiger partial charge in [0.1, 0.15) is 0 Å². The Kier molecular flexibility index (Phi) is 26.4. The predicted molar refractivity (Wildman–Crippen MR) is 400 cm³/mol. The highest BCUT2D eigenvalue weighted by Gasteiger charge is 2.22. The van der Waals surface area contributed by atoms with E-state index in [9.17, 15) is 0 Å². The standard InChI is InChI=1S/C76H94S10/c1-7-11-15-19-23-27-31-55-49-69(83-73(55)65-41-35-53(5)77-65)61-45-47-63(81-61)71-51-57(33-29-25-21-17-13-9-3)75(85-71)67-43-39-59(79-67)37-38-60-40-44-68(80-60)76-58(34-30-26-22-18-14-10-4)52-72(86-76)64-48-46-62(82-64)70-50-56(32-28-24-20-16-12-8-2)74(84-70)66-42-36-54(6)78-66/h35-36,39-52H,7-34,37-38H2,1-6H3. The monoisotopic (exact) mass is 1330 g/mol. The summed E-state index contributed by atoms with van der Waals surface area (Å²) in [4.78, 5) is 29.1. The molecular weight excluding hydrogens is 1230 g/mol. The molecule has 0 aliphatic heterocycles. The summed E-state index contributed by atoms with van der Waals surface area (Å²) in [5, 5.41) is 0. The van der Waals surface area contributed by atoms with Crippen molar-refractivity contribution < 1.29 is 0 Å². The van der Waals surface area contributed by atoms with Crippen molar-refractivity contribution in [1.82, 2.24) is 0 Å². The third-order valence-electron chi connectivity index (χ3n) is 16.9. The molecule has 10 aromatic rings. The van der Waals surface area contributed by atoms with Gasteiger partial charge in [0.05, 0.1) is 0 Å². The summed E-state index contributed by atoms with van der Waals surface area (Å²) in [6.45, 7) is 13.8. The first kappa shape index (κ1) is 65.9. The molecule has 0 bridgehead atoms. The van der Waals surface area contributed by atoms with Gasteiger partial charge in [-0.05, 0) is 197 Å². The van der Waals surface area contributed by atoms with Crippen molar-refractivity contribution in [2.75, 3.05) is 0 Å². The van der Waals surface area contributed by atoms with Crippen LogP contribution in [0, 0.1) is 13.8 Å². The second-order valence-electron chi connectivity index (χ2n) is 24.1. The van der Waals surface area contributed by atoms with Crippen LogP contribution in [0.25, 0.3) is 78.0 Å². The van der Waals surface area contributed by atoms with Gasteiger partial charge in [0.2, 0.25) is 0 Å². The number of hydrogen-bond acceptors (Lipinski definition) is 10. The SMILES string of the molecule is CCCCCCCCc1cc(-c2ccc(-c3cc(CCCCCCCC)c(-c4ccc(CCc5ccc(-c6sc(-c7ccc(-c8cc(CCCCCCCC)c(-c9ccc(C)s9)s8)s7)cc6CCCCCCCC)s5)s4)s3)s2)sc1-c1ccc(C)s1. The van der Waals surface area contributed by atoms with E-state index >= 15 is 0 Å². The molecule has 10 aromatic heterocycles. The molecule has 0 aliphatic rings. The van der Waals surface area contributed by atoms with Crippen molar-refractivity contribution in [1.29, 1.82) is 0 Å². The molecule has 0 nitrogen and oxygen atoms in total. The summed E-state index contributed by atoms with van der Waals surface area (Å²) < 4.78 is 0. The zero-order chi connectivity index (χ0) is 59.5. The van der Waals surface area contributed by atoms with Gasteiger partial charge in [-0.25, -0.2) is 0 Å². The van der Waals surface area contributed by atoms with E-state index in [4.69, 9.17) is 0 Å². The Labute approximate surface area is 558 Å². The van der Waals surface area contributed by atoms with Crippen molar-refractivity contribution in [2.24, 2.45) is 0 Å². The summed E-state index contributed by atoms with van der Waals surface area (Å²) in [5.41, 5.74) is 6.22. The molecule has 0 N–H and O–H groups in total. The lowest BCUT2D eigenvalue weighted by molar-refractivity contribution is 0.608. The van der Waals surface area contributed by atoms with Crippen molar-refractivity contribution in [3.05, 3.63) is 139 Å². The quantitative estimate of drug-likeness (QED) is 0.0337. The maximum absolute atomic E-state index is 2.58. The smallest absolute Gasteiger partial charge is 0.0481 e. The second kappa shape index (κ2) is 34.4. The Hall–Kier alpha value is -3.00. The average molecular weight is 1330 g/mol. The zero-order valence-electron chi connectivity index (χ0n) is 52.5. The minimum atomic E-state index is 1.09. The number of rotatable bonds is 39. The molecular formula is C76H94S10. The highest BCUT2D eigenvalue weighted by Crippen LogP contribution is 2.50. The lowest BCUT2D eigenvalue weighted by atomic mass is 10.0. The van der Waals surface area contributed by atoms with Gasteiger partial charge in [0, 0.05) is 97.5 Å². The predicted octanol–water partition coefficient (Wildman–Crippen LogP) is 29.7. The molecule has 0 aromatic carbocycles. The molecule has 0 saturated carbocycles. The van der Waals surface area contributed by atoms with E-state index < -0.39 is 0 Å². The molecule has 0 fully saturated rings. The van der Waals surface area contributed by atoms with Gasteiger partial charge in [-0.3, -0.25) is 0 Å². The van der Waals surface area contributed by atoms with Crippen LogP contribution in [-0.4, -0.2) is 0 Å². The summed E-state index contributed by atoms with van der Waals surface area (Å²) in [5.74, 6) is 0. The zero-order valence-corrected chi connectivity index (χ0v) is 60.7. The van der Waals surface area contributed by atoms with E-state index in [1.165, 1.54) is 277 Å². The molecule has 0 aliphatic carbocycles. The van der Waals surface area contributed by atoms with E-state index in [-0.39, 0.29) is 0 Å². The van der Waals surface area contributed by atoms with Gasteiger partial charge >= 0.3 is 0 Å². The molecule has 0 atom stereocenters. The molecule has 10 heteroatoms. The third-order valence-corrected chi connectivity index (χ3v) is 29.6. The maximum Gasteiger partial charge on any atom is 0.0481 e. The second-order valence-corrected chi connectivity index (χ2v) is 35.4. The Balaban J connectivity index is 0.840. The van der Waals surface area contributed by atoms with Gasteiger partial charge in [-0.2, -0.15) is 0 Å². The van der Waals surface area contributed by atoms with Gasteiger partial charge in [0.25, 0.3) is 0 Å². The maximum atomic E-state index is 2.58. The van der Waals surface area contributed by atoms with Gasteiger partial charge in [-0.15, -0.1) is 113 Å². The minimum Gasteiger partial charge on any atom is -0.140 e. The lowest BCUT2D eigenvalue weighted by Crippen LogP contribution is -1.86. The summed E-state index contributed by atoms with van der Waals surface area (Å²) in [6.07, 6.45) is 38.9. The van der Waals surface area contributed by atoms with Gasteiger partial charge in [-0.1, -0.05) is 156 Å². The molecule has 458 valence electrons. The minimum absolute atomic E-state index is 1.09. The Morgan fingerprint density at radius 3 is 0.721 bits per heavy atom. The molecule has 0 unspecified atom stereocenters. The summed E-state index contributed by atoms with van der Waals surface area (Å²) >= 11 is 20.2. The van der Waals surface area contributed by atoms with E-state index in [1.807, 2.05) is 68.0 Å². The van der Waals surface area contributed by atoms with Crippen LogP contribution in [0.2, 0.25) is 0 Å². The molecule has 0 radical (unpaired) electrons. The molecule has 0 spiro atoms. The first-order valence-electron chi connectivity index (χ1n) is 33.3. The summed E-state index contributed by atoms with van der Waals surface area (Å²) in [6, 6.07) is 39.1. The average Bonchev–Trinajstić information content (AvgIpc) is 2.13. The number of hydrogen-bond donors (Lipinski definition) is 0. The number of thiophene rings is 10. The van der Waals surface area contributed by atoms with Gasteiger partial charge in [0.15, 0.2) is 0 Å². The van der Waals surface area contributed by atoms with Crippen LogP contribution in [-0.2, 0) is 38.5 Å². The molecule has 0 amide bonds. The fraction of sp³-hybridized carbons (Fsp3) is 0.474. The van der Waals surface area contributed by atoms with E-state index in [2.05, 4.69) is 184 Å². The van der Waals surface area contributed by atoms with Crippen LogP contribution in [0.15, 0.2) is 97.1 Å². The Bertz CT molecular complexity index is 3330. The van der Waals surface area contributed by atoms with Gasteiger partial charge < -0.3 is 0 Å². The van der Waals surface area contributed by atoms with Crippen molar-refractivity contribution >= 4 is 113 Å². The largest absolute Gasteiger partial charge is 0.140 e. The van der Waals surface area contributed by atoms with Crippen LogP contribution in [0.3, 0.4) is 0 Å². The topological polar surface area (TPSA) is 0 Å². The molecule has 86 heavy (non-hydrogen) atoms. The normalized spacial score (nSPS) is 11.8. The van der Waals surface area contributed by atoms with Crippen molar-refractivity contribution in [2.45, 2.75) is 234 Å². The first-order valence-corrected chi connectivity index (χ1v) is 41.5. The summed E-state index contributed by atoms with van der Waals surface area (Å²) in [7, 11) is 0. The fourth-order valence-corrected chi connectivity index (χ4v) is 23.5. The lowest BCUT2D eigenvalue weighted by Gasteiger charge is -2.03. The first-order chi connectivity index (χ1) is 42.3. The van der Waals surface area contributed by atoms with Crippen LogP contribution in [0.4, 0.5) is 0 Å². The van der Waals surface area contributed by atoms with E-state index in [0.717, 1.165) is 12.8 Å². The number of aryl methyl sites for hydroxylation is 8. The van der Waals surface area contributed by atoms with Crippen LogP contribution >= 0.6 is 113 Å². The van der Waals surface area contributed by atoms with Crippen LogP contribution in [0.5, 0.6) is 0 Å². The molecule has 10 rings (SSSR count). The van der Waals surface area contributed by atoms with Crippen LogP contribution < -0.4 is 0 Å². The van der Waals surface area contributed by atoms with Crippen LogP contribution in [0.1, 0.15) is 224 Å². The fourth-order valence-electron chi connectivity index (χ4n) is 12.0. The number of unbranched alkanes of at least 4 members (excludes halogenated alkanes) is 20. The highest BCUT2D eigenvalue weighted by molar-refractivity contribution is 7.31. The highest BCUT2D eigenvalue weighted by atomic mass is 32.1. The Morgan fingerprint density at radius 1 is 0.209 bits per heavy atom. The molecule has 10 heterocycles. The van der Waals surface area contributed by atoms with Crippen molar-refractivity contribution in [3.8, 4) is 78.0 Å². The van der Waals surface area contributed by atoms with E-state index in [0.29, 0.717) is 0 Å². The van der Waals surface area contributed by atoms with E-state index in [1.54, 1.807) is 22.3 Å². The van der Waals surface area contributed by atoms with Crippen molar-refractivity contribution in [3.63, 3.8) is 0 Å².